The number of nitrogens with two attached hydrogens (primary N) is 3. The fourth-order valence-electron chi connectivity index (χ4n) is 2.84. The van der Waals surface area contributed by atoms with E-state index in [1.807, 2.05) is 13.0 Å². The van der Waals surface area contributed by atoms with Crippen molar-refractivity contribution in [1.29, 1.82) is 10.7 Å². The van der Waals surface area contributed by atoms with Crippen molar-refractivity contribution in [1.82, 2.24) is 5.32 Å². The van der Waals surface area contributed by atoms with Crippen molar-refractivity contribution in [3.8, 4) is 6.07 Å². The summed E-state index contributed by atoms with van der Waals surface area (Å²) in [5.74, 6) is -3.74. The highest BCUT2D eigenvalue weighted by Crippen LogP contribution is 2.27. The minimum Gasteiger partial charge on any atom is -0.479 e. The van der Waals surface area contributed by atoms with E-state index in [4.69, 9.17) is 41.9 Å². The summed E-state index contributed by atoms with van der Waals surface area (Å²) >= 11 is 0. The van der Waals surface area contributed by atoms with E-state index in [9.17, 15) is 24.9 Å². The summed E-state index contributed by atoms with van der Waals surface area (Å²) in [6, 6.07) is 1.55. The third kappa shape index (κ3) is 8.77. The summed E-state index contributed by atoms with van der Waals surface area (Å²) < 4.78 is 15.9. The minimum absolute atomic E-state index is 0.0170. The van der Waals surface area contributed by atoms with Gasteiger partial charge in [-0.3, -0.25) is 4.79 Å². The number of carboxylic acid groups (broad SMARTS) is 1. The summed E-state index contributed by atoms with van der Waals surface area (Å²) in [6.45, 7) is 3.04. The predicted molar refractivity (Wildman–Crippen MR) is 121 cm³/mol. The van der Waals surface area contributed by atoms with Gasteiger partial charge in [0.25, 0.3) is 5.91 Å². The van der Waals surface area contributed by atoms with Gasteiger partial charge < -0.3 is 57.2 Å². The number of carboxylic acids is 1. The second-order valence-corrected chi connectivity index (χ2v) is 8.72. The standard InChI is InChI=1S/C19H33N6O8P/c1-3-4-10(22)12(23)13(24)16(28)25-17-15(27)14(26)11(32-17)7-31-19(18(29)30)34-33-9(6-20)5-8(2)21/h8-9,11,14-15,17,19,22,26-27,34H,3-5,7,21,23-24H2,1-2H3,(H,25,28)(H,29,30)/b13-12+,22-10?. The van der Waals surface area contributed by atoms with Gasteiger partial charge in [-0.05, 0) is 13.3 Å². The van der Waals surface area contributed by atoms with Crippen molar-refractivity contribution < 1.29 is 38.9 Å². The van der Waals surface area contributed by atoms with E-state index >= 15 is 0 Å². The number of aliphatic hydroxyl groups excluding tert-OH is 2. The molecule has 0 aromatic rings. The predicted octanol–water partition coefficient (Wildman–Crippen LogP) is -1.83. The van der Waals surface area contributed by atoms with E-state index in [1.54, 1.807) is 6.92 Å². The normalized spacial score (nSPS) is 25.9. The van der Waals surface area contributed by atoms with Crippen molar-refractivity contribution in [3.05, 3.63) is 11.4 Å². The van der Waals surface area contributed by atoms with Gasteiger partial charge in [-0.25, -0.2) is 4.79 Å². The Kier molecular flexibility index (Phi) is 12.3. The second-order valence-electron chi connectivity index (χ2n) is 7.72. The van der Waals surface area contributed by atoms with Crippen LogP contribution in [0, 0.1) is 16.7 Å². The SMILES string of the molecule is CCCC(=N)/C(N)=C(\N)C(=O)NC1OC(COC(POC(C#N)CC(C)N)C(=O)O)C(O)C1O. The largest absolute Gasteiger partial charge is 0.479 e. The van der Waals surface area contributed by atoms with Crippen LogP contribution in [-0.4, -0.2) is 82.0 Å². The number of hydrogen-bond acceptors (Lipinski definition) is 12. The molecule has 0 saturated carbocycles. The van der Waals surface area contributed by atoms with Crippen LogP contribution in [0.4, 0.5) is 0 Å². The Hall–Kier alpha value is -2.37. The Balaban J connectivity index is 2.71. The summed E-state index contributed by atoms with van der Waals surface area (Å²) in [4.78, 5) is 23.8. The van der Waals surface area contributed by atoms with Gasteiger partial charge >= 0.3 is 5.97 Å². The second kappa shape index (κ2) is 14.1. The van der Waals surface area contributed by atoms with Crippen LogP contribution in [0.3, 0.4) is 0 Å². The summed E-state index contributed by atoms with van der Waals surface area (Å²) in [5, 5.41) is 48.9. The van der Waals surface area contributed by atoms with Crippen molar-refractivity contribution in [2.75, 3.05) is 6.61 Å². The summed E-state index contributed by atoms with van der Waals surface area (Å²) in [6.07, 6.45) is -5.44. The van der Waals surface area contributed by atoms with Gasteiger partial charge in [0, 0.05) is 12.5 Å². The fourth-order valence-corrected chi connectivity index (χ4v) is 3.54. The Bertz CT molecular complexity index is 804. The third-order valence-electron chi connectivity index (χ3n) is 4.69. The lowest BCUT2D eigenvalue weighted by Gasteiger charge is -2.20. The maximum atomic E-state index is 12.3. The van der Waals surface area contributed by atoms with Crippen LogP contribution in [0.25, 0.3) is 0 Å². The highest BCUT2D eigenvalue weighted by atomic mass is 31.1. The lowest BCUT2D eigenvalue weighted by molar-refractivity contribution is -0.148. The number of carbonyl (C=O) groups excluding carboxylic acids is 1. The van der Waals surface area contributed by atoms with E-state index in [0.717, 1.165) is 0 Å². The molecule has 15 heteroatoms. The fraction of sp³-hybridized carbons (Fsp3) is 0.684. The molecule has 8 unspecified atom stereocenters. The number of nitriles is 1. The highest BCUT2D eigenvalue weighted by Gasteiger charge is 2.44. The molecule has 34 heavy (non-hydrogen) atoms. The molecule has 1 aliphatic rings. The monoisotopic (exact) mass is 504 g/mol. The minimum atomic E-state index is -1.57. The number of amides is 1. The van der Waals surface area contributed by atoms with Crippen LogP contribution in [0.15, 0.2) is 11.4 Å². The zero-order chi connectivity index (χ0) is 26.0. The highest BCUT2D eigenvalue weighted by molar-refractivity contribution is 7.34. The van der Waals surface area contributed by atoms with Crippen LogP contribution >= 0.6 is 8.81 Å². The van der Waals surface area contributed by atoms with E-state index in [2.05, 4.69) is 5.32 Å². The molecular weight excluding hydrogens is 471 g/mol. The smallest absolute Gasteiger partial charge is 0.339 e. The zero-order valence-corrected chi connectivity index (χ0v) is 19.9. The summed E-state index contributed by atoms with van der Waals surface area (Å²) in [5.41, 5.74) is 16.3. The molecular formula is C19H33N6O8P. The third-order valence-corrected chi connectivity index (χ3v) is 5.74. The van der Waals surface area contributed by atoms with Gasteiger partial charge in [0.05, 0.1) is 32.9 Å². The van der Waals surface area contributed by atoms with Crippen LogP contribution in [0.5, 0.6) is 0 Å². The van der Waals surface area contributed by atoms with Crippen molar-refractivity contribution in [2.24, 2.45) is 17.2 Å². The Morgan fingerprint density at radius 1 is 1.29 bits per heavy atom. The van der Waals surface area contributed by atoms with E-state index in [1.165, 1.54) is 0 Å². The lowest BCUT2D eigenvalue weighted by Crippen LogP contribution is -2.46. The van der Waals surface area contributed by atoms with Gasteiger partial charge in [0.1, 0.15) is 30.1 Å². The van der Waals surface area contributed by atoms with Gasteiger partial charge in [-0.1, -0.05) is 13.3 Å². The van der Waals surface area contributed by atoms with E-state index in [0.29, 0.717) is 12.8 Å². The van der Waals surface area contributed by atoms with E-state index < -0.39 is 69.5 Å². The molecule has 0 aromatic heterocycles. The van der Waals surface area contributed by atoms with Crippen molar-refractivity contribution in [2.45, 2.75) is 75.6 Å². The van der Waals surface area contributed by atoms with Crippen molar-refractivity contribution >= 4 is 26.4 Å². The zero-order valence-electron chi connectivity index (χ0n) is 18.9. The Labute approximate surface area is 198 Å². The average Bonchev–Trinajstić information content (AvgIpc) is 3.04. The van der Waals surface area contributed by atoms with Crippen LogP contribution in [0.2, 0.25) is 0 Å². The molecule has 11 N–H and O–H groups in total. The number of rotatable bonds is 14. The van der Waals surface area contributed by atoms with E-state index in [-0.39, 0.29) is 23.9 Å². The number of carbonyl (C=O) groups is 2. The number of allylic oxidation sites excluding steroid dienone is 1. The molecule has 1 saturated heterocycles. The molecule has 0 aliphatic carbocycles. The molecule has 0 spiro atoms. The van der Waals surface area contributed by atoms with Gasteiger partial charge in [-0.15, -0.1) is 0 Å². The molecule has 0 bridgehead atoms. The van der Waals surface area contributed by atoms with Crippen molar-refractivity contribution in [3.63, 3.8) is 0 Å². The number of aliphatic carboxylic acids is 1. The summed E-state index contributed by atoms with van der Waals surface area (Å²) in [7, 11) is -0.746. The quantitative estimate of drug-likeness (QED) is 0.0737. The van der Waals surface area contributed by atoms with Gasteiger partial charge in [0.15, 0.2) is 12.1 Å². The molecule has 1 fully saturated rings. The number of ether oxygens (including phenoxy) is 2. The van der Waals surface area contributed by atoms with Crippen LogP contribution in [0.1, 0.15) is 33.1 Å². The molecule has 1 rings (SSSR count). The number of aliphatic hydroxyl groups is 2. The molecule has 1 amide bonds. The molecule has 0 aromatic carbocycles. The van der Waals surface area contributed by atoms with Crippen LogP contribution < -0.4 is 22.5 Å². The molecule has 14 nitrogen and oxygen atoms in total. The molecule has 1 heterocycles. The molecule has 0 radical (unpaired) electrons. The first-order chi connectivity index (χ1) is 15.9. The number of hydrogen-bond donors (Lipinski definition) is 8. The Morgan fingerprint density at radius 3 is 2.47 bits per heavy atom. The molecule has 8 atom stereocenters. The maximum absolute atomic E-state index is 12.3. The number of nitrogens with zero attached hydrogens (tertiary/aromatic N) is 1. The first kappa shape index (κ1) is 29.7. The average molecular weight is 504 g/mol. The maximum Gasteiger partial charge on any atom is 0.339 e. The van der Waals surface area contributed by atoms with Gasteiger partial charge in [0.2, 0.25) is 0 Å². The first-order valence-electron chi connectivity index (χ1n) is 10.5. The Morgan fingerprint density at radius 2 is 1.94 bits per heavy atom. The lowest BCUT2D eigenvalue weighted by atomic mass is 10.1. The molecule has 192 valence electrons. The molecule has 1 aliphatic heterocycles. The topological polar surface area (TPSA) is 260 Å². The first-order valence-corrected chi connectivity index (χ1v) is 11.5. The van der Waals surface area contributed by atoms with Gasteiger partial charge in [-0.2, -0.15) is 5.26 Å². The van der Waals surface area contributed by atoms with Crippen LogP contribution in [-0.2, 0) is 23.6 Å². The number of nitrogens with one attached hydrogen (secondary N) is 2.